The van der Waals surface area contributed by atoms with Gasteiger partial charge in [-0.15, -0.1) is 0 Å². The van der Waals surface area contributed by atoms with Crippen molar-refractivity contribution in [2.24, 2.45) is 11.8 Å². The van der Waals surface area contributed by atoms with Gasteiger partial charge in [-0.1, -0.05) is 27.7 Å². The van der Waals surface area contributed by atoms with Crippen LogP contribution in [0.4, 0.5) is 0 Å². The van der Waals surface area contributed by atoms with E-state index in [1.807, 2.05) is 0 Å². The van der Waals surface area contributed by atoms with E-state index in [9.17, 15) is 0 Å². The highest BCUT2D eigenvalue weighted by molar-refractivity contribution is 4.78. The van der Waals surface area contributed by atoms with Gasteiger partial charge in [0, 0.05) is 12.6 Å². The van der Waals surface area contributed by atoms with Crippen molar-refractivity contribution in [2.75, 3.05) is 26.2 Å². The molecule has 0 aromatic heterocycles. The van der Waals surface area contributed by atoms with Crippen LogP contribution in [0.3, 0.4) is 0 Å². The number of hydrogen-bond acceptors (Lipinski definition) is 2. The van der Waals surface area contributed by atoms with Gasteiger partial charge in [0.1, 0.15) is 0 Å². The summed E-state index contributed by atoms with van der Waals surface area (Å²) in [6.45, 7) is 14.5. The summed E-state index contributed by atoms with van der Waals surface area (Å²) in [4.78, 5) is 2.76. The van der Waals surface area contributed by atoms with Gasteiger partial charge in [0.15, 0.2) is 0 Å². The molecule has 0 saturated carbocycles. The molecule has 1 fully saturated rings. The molecule has 0 amide bonds. The van der Waals surface area contributed by atoms with Crippen molar-refractivity contribution in [3.63, 3.8) is 0 Å². The first-order valence-corrected chi connectivity index (χ1v) is 7.63. The lowest BCUT2D eigenvalue weighted by Crippen LogP contribution is -2.44. The molecule has 0 bridgehead atoms. The Morgan fingerprint density at radius 2 is 1.82 bits per heavy atom. The number of hydrogen-bond donors (Lipinski definition) is 1. The lowest BCUT2D eigenvalue weighted by Gasteiger charge is -2.37. The van der Waals surface area contributed by atoms with Crippen molar-refractivity contribution >= 4 is 0 Å². The van der Waals surface area contributed by atoms with Crippen molar-refractivity contribution in [1.82, 2.24) is 10.2 Å². The summed E-state index contributed by atoms with van der Waals surface area (Å²) in [5.41, 5.74) is 0. The molecule has 2 nitrogen and oxygen atoms in total. The van der Waals surface area contributed by atoms with Crippen LogP contribution in [0.15, 0.2) is 0 Å². The molecule has 17 heavy (non-hydrogen) atoms. The summed E-state index contributed by atoms with van der Waals surface area (Å²) >= 11 is 0. The normalized spacial score (nSPS) is 20.1. The molecule has 1 aliphatic heterocycles. The summed E-state index contributed by atoms with van der Waals surface area (Å²) in [5, 5.41) is 3.47. The van der Waals surface area contributed by atoms with Crippen molar-refractivity contribution in [2.45, 2.75) is 59.4 Å². The summed E-state index contributed by atoms with van der Waals surface area (Å²) in [7, 11) is 0. The second kappa shape index (κ2) is 8.10. The maximum absolute atomic E-state index is 3.47. The molecule has 2 heteroatoms. The van der Waals surface area contributed by atoms with Crippen LogP contribution in [0.5, 0.6) is 0 Å². The van der Waals surface area contributed by atoms with E-state index in [0.29, 0.717) is 0 Å². The maximum Gasteiger partial charge on any atom is 0.0116 e. The Balaban J connectivity index is 2.50. The van der Waals surface area contributed by atoms with Crippen molar-refractivity contribution in [1.29, 1.82) is 0 Å². The average Bonchev–Trinajstić information content (AvgIpc) is 2.31. The molecule has 0 radical (unpaired) electrons. The average molecular weight is 240 g/mol. The molecule has 1 N–H and O–H groups in total. The summed E-state index contributed by atoms with van der Waals surface area (Å²) in [6, 6.07) is 0.782. The number of piperidine rings is 1. The fourth-order valence-corrected chi connectivity index (χ4v) is 3.23. The van der Waals surface area contributed by atoms with Gasteiger partial charge in [-0.05, 0) is 57.2 Å². The number of nitrogens with zero attached hydrogens (tertiary/aromatic N) is 1. The highest BCUT2D eigenvalue weighted by Gasteiger charge is 2.23. The Labute approximate surface area is 108 Å². The van der Waals surface area contributed by atoms with E-state index < -0.39 is 0 Å². The molecule has 1 unspecified atom stereocenters. The summed E-state index contributed by atoms with van der Waals surface area (Å²) in [5.74, 6) is 1.71. The fourth-order valence-electron chi connectivity index (χ4n) is 3.23. The predicted octanol–water partition coefficient (Wildman–Crippen LogP) is 3.13. The maximum atomic E-state index is 3.47. The van der Waals surface area contributed by atoms with Gasteiger partial charge in [0.25, 0.3) is 0 Å². The first-order chi connectivity index (χ1) is 8.19. The van der Waals surface area contributed by atoms with Crippen molar-refractivity contribution < 1.29 is 0 Å². The van der Waals surface area contributed by atoms with Crippen LogP contribution in [-0.4, -0.2) is 37.1 Å². The smallest absolute Gasteiger partial charge is 0.0116 e. The standard InChI is InChI=1S/C15H32N2/c1-5-11-17(15(6-2)13(3)4)12-14-7-9-16-10-8-14/h13-16H,5-12H2,1-4H3. The third-order valence-corrected chi connectivity index (χ3v) is 4.12. The topological polar surface area (TPSA) is 15.3 Å². The van der Waals surface area contributed by atoms with E-state index in [1.165, 1.54) is 51.9 Å². The first kappa shape index (κ1) is 15.0. The molecule has 0 spiro atoms. The van der Waals surface area contributed by atoms with E-state index in [2.05, 4.69) is 37.9 Å². The van der Waals surface area contributed by atoms with Gasteiger partial charge in [-0.25, -0.2) is 0 Å². The van der Waals surface area contributed by atoms with Gasteiger partial charge >= 0.3 is 0 Å². The molecule has 1 rings (SSSR count). The van der Waals surface area contributed by atoms with E-state index in [1.54, 1.807) is 0 Å². The fraction of sp³-hybridized carbons (Fsp3) is 1.00. The highest BCUT2D eigenvalue weighted by Crippen LogP contribution is 2.20. The Hall–Kier alpha value is -0.0800. The van der Waals surface area contributed by atoms with Gasteiger partial charge in [0.2, 0.25) is 0 Å². The molecule has 1 atom stereocenters. The second-order valence-corrected chi connectivity index (χ2v) is 5.91. The van der Waals surface area contributed by atoms with Crippen LogP contribution < -0.4 is 5.32 Å². The SMILES string of the molecule is CCCN(CC1CCNCC1)C(CC)C(C)C. The van der Waals surface area contributed by atoms with Crippen LogP contribution in [0, 0.1) is 11.8 Å². The minimum absolute atomic E-state index is 0.782. The molecular weight excluding hydrogens is 208 g/mol. The van der Waals surface area contributed by atoms with Crippen LogP contribution in [0.1, 0.15) is 53.4 Å². The van der Waals surface area contributed by atoms with Crippen molar-refractivity contribution in [3.05, 3.63) is 0 Å². The van der Waals surface area contributed by atoms with Gasteiger partial charge < -0.3 is 5.32 Å². The van der Waals surface area contributed by atoms with Gasteiger partial charge in [-0.3, -0.25) is 4.90 Å². The van der Waals surface area contributed by atoms with E-state index in [4.69, 9.17) is 0 Å². The Morgan fingerprint density at radius 1 is 1.18 bits per heavy atom. The van der Waals surface area contributed by atoms with Gasteiger partial charge in [-0.2, -0.15) is 0 Å². The molecule has 0 aromatic carbocycles. The summed E-state index contributed by atoms with van der Waals surface area (Å²) < 4.78 is 0. The monoisotopic (exact) mass is 240 g/mol. The van der Waals surface area contributed by atoms with E-state index in [-0.39, 0.29) is 0 Å². The Kier molecular flexibility index (Phi) is 7.14. The molecule has 102 valence electrons. The molecule has 0 aromatic rings. The zero-order chi connectivity index (χ0) is 12.7. The van der Waals surface area contributed by atoms with E-state index >= 15 is 0 Å². The molecule has 1 saturated heterocycles. The highest BCUT2D eigenvalue weighted by atomic mass is 15.2. The zero-order valence-electron chi connectivity index (χ0n) is 12.3. The molecular formula is C15H32N2. The van der Waals surface area contributed by atoms with Crippen LogP contribution in [0.25, 0.3) is 0 Å². The zero-order valence-corrected chi connectivity index (χ0v) is 12.3. The lowest BCUT2D eigenvalue weighted by atomic mass is 9.94. The van der Waals surface area contributed by atoms with Gasteiger partial charge in [0.05, 0.1) is 0 Å². The third kappa shape index (κ3) is 4.97. The number of rotatable bonds is 7. The Bertz CT molecular complexity index is 185. The first-order valence-electron chi connectivity index (χ1n) is 7.63. The minimum Gasteiger partial charge on any atom is -0.317 e. The minimum atomic E-state index is 0.782. The van der Waals surface area contributed by atoms with Crippen LogP contribution in [0.2, 0.25) is 0 Å². The van der Waals surface area contributed by atoms with E-state index in [0.717, 1.165) is 17.9 Å². The van der Waals surface area contributed by atoms with Crippen LogP contribution >= 0.6 is 0 Å². The van der Waals surface area contributed by atoms with Crippen LogP contribution in [-0.2, 0) is 0 Å². The van der Waals surface area contributed by atoms with Crippen molar-refractivity contribution in [3.8, 4) is 0 Å². The quantitative estimate of drug-likeness (QED) is 0.735. The molecule has 0 aliphatic carbocycles. The molecule has 1 heterocycles. The predicted molar refractivity (Wildman–Crippen MR) is 76.4 cm³/mol. The second-order valence-electron chi connectivity index (χ2n) is 5.91. The largest absolute Gasteiger partial charge is 0.317 e. The third-order valence-electron chi connectivity index (χ3n) is 4.12. The lowest BCUT2D eigenvalue weighted by molar-refractivity contribution is 0.117. The summed E-state index contributed by atoms with van der Waals surface area (Å²) in [6.07, 6.45) is 5.32. The Morgan fingerprint density at radius 3 is 2.29 bits per heavy atom. The molecule has 1 aliphatic rings. The number of nitrogens with one attached hydrogen (secondary N) is 1.